The maximum atomic E-state index is 13.3. The molecule has 24 heavy (non-hydrogen) atoms. The molecule has 0 N–H and O–H groups in total. The fraction of sp³-hybridized carbons (Fsp3) is 0.333. The van der Waals surface area contributed by atoms with Gasteiger partial charge >= 0.3 is 0 Å². The standard InChI is InChI=1S/C21H21NO2/c1-13-7-5-8-14(2)22(13)21(24)18-12-6-11-17-19(18)15-9-3-4-10-16(15)20(17)23/h3-4,6,9-14H,5,7-8H2,1-2H3/t13-,14-/m1/s1. The van der Waals surface area contributed by atoms with Gasteiger partial charge in [0.2, 0.25) is 0 Å². The number of hydrogen-bond acceptors (Lipinski definition) is 2. The zero-order valence-corrected chi connectivity index (χ0v) is 14.1. The number of likely N-dealkylation sites (tertiary alicyclic amines) is 1. The minimum absolute atomic E-state index is 0.0231. The minimum Gasteiger partial charge on any atom is -0.333 e. The summed E-state index contributed by atoms with van der Waals surface area (Å²) in [5, 5.41) is 0. The molecule has 2 atom stereocenters. The number of carbonyl (C=O) groups excluding carboxylic acids is 2. The lowest BCUT2D eigenvalue weighted by molar-refractivity contribution is 0.0511. The molecule has 1 amide bonds. The monoisotopic (exact) mass is 319 g/mol. The Morgan fingerprint density at radius 1 is 0.917 bits per heavy atom. The van der Waals surface area contributed by atoms with E-state index in [1.807, 2.05) is 47.4 Å². The van der Waals surface area contributed by atoms with E-state index in [0.717, 1.165) is 24.0 Å². The molecular formula is C21H21NO2. The molecule has 0 spiro atoms. The van der Waals surface area contributed by atoms with Crippen molar-refractivity contribution in [3.63, 3.8) is 0 Å². The van der Waals surface area contributed by atoms with Crippen LogP contribution in [0.3, 0.4) is 0 Å². The fourth-order valence-corrected chi connectivity index (χ4v) is 4.21. The van der Waals surface area contributed by atoms with E-state index >= 15 is 0 Å². The van der Waals surface area contributed by atoms with Gasteiger partial charge in [-0.15, -0.1) is 0 Å². The Kier molecular flexibility index (Phi) is 3.52. The van der Waals surface area contributed by atoms with Crippen LogP contribution >= 0.6 is 0 Å². The molecule has 0 aromatic heterocycles. The van der Waals surface area contributed by atoms with Crippen molar-refractivity contribution in [1.29, 1.82) is 0 Å². The number of ketones is 1. The van der Waals surface area contributed by atoms with Gasteiger partial charge in [-0.1, -0.05) is 36.4 Å². The summed E-state index contributed by atoms with van der Waals surface area (Å²) in [5.41, 5.74) is 3.71. The maximum absolute atomic E-state index is 13.3. The molecule has 0 radical (unpaired) electrons. The zero-order chi connectivity index (χ0) is 16.8. The summed E-state index contributed by atoms with van der Waals surface area (Å²) in [6.07, 6.45) is 3.25. The molecule has 2 aliphatic rings. The first-order chi connectivity index (χ1) is 11.6. The minimum atomic E-state index is 0.0231. The third kappa shape index (κ3) is 2.11. The van der Waals surface area contributed by atoms with E-state index in [1.54, 1.807) is 0 Å². The van der Waals surface area contributed by atoms with Gasteiger partial charge in [-0.2, -0.15) is 0 Å². The van der Waals surface area contributed by atoms with Gasteiger partial charge in [-0.25, -0.2) is 0 Å². The Morgan fingerprint density at radius 3 is 2.25 bits per heavy atom. The number of carbonyl (C=O) groups is 2. The molecule has 0 unspecified atom stereocenters. The van der Waals surface area contributed by atoms with Gasteiger partial charge in [0.25, 0.3) is 5.91 Å². The summed E-state index contributed by atoms with van der Waals surface area (Å²) >= 11 is 0. The SMILES string of the molecule is C[C@@H]1CCC[C@@H](C)N1C(=O)c1cccc2c1-c1ccccc1C2=O. The van der Waals surface area contributed by atoms with E-state index in [4.69, 9.17) is 0 Å². The van der Waals surface area contributed by atoms with E-state index in [1.165, 1.54) is 6.42 Å². The lowest BCUT2D eigenvalue weighted by Crippen LogP contribution is -2.47. The van der Waals surface area contributed by atoms with E-state index in [9.17, 15) is 9.59 Å². The summed E-state index contributed by atoms with van der Waals surface area (Å²) in [4.78, 5) is 28.0. The Balaban J connectivity index is 1.85. The van der Waals surface area contributed by atoms with Crippen molar-refractivity contribution in [2.45, 2.75) is 45.2 Å². The second-order valence-electron chi connectivity index (χ2n) is 6.94. The van der Waals surface area contributed by atoms with Crippen LogP contribution in [0.1, 0.15) is 59.4 Å². The number of fused-ring (bicyclic) bond motifs is 3. The summed E-state index contributed by atoms with van der Waals surface area (Å²) in [5.74, 6) is 0.0750. The number of hydrogen-bond donors (Lipinski definition) is 0. The third-order valence-electron chi connectivity index (χ3n) is 5.41. The normalized spacial score (nSPS) is 22.2. The number of benzene rings is 2. The third-order valence-corrected chi connectivity index (χ3v) is 5.41. The molecule has 3 heteroatoms. The second-order valence-corrected chi connectivity index (χ2v) is 6.94. The van der Waals surface area contributed by atoms with E-state index in [0.29, 0.717) is 16.7 Å². The molecule has 2 aromatic carbocycles. The van der Waals surface area contributed by atoms with Gasteiger partial charge in [0.05, 0.1) is 0 Å². The number of nitrogens with zero attached hydrogens (tertiary/aromatic N) is 1. The van der Waals surface area contributed by atoms with Crippen LogP contribution in [0, 0.1) is 0 Å². The average Bonchev–Trinajstić information content (AvgIpc) is 2.88. The van der Waals surface area contributed by atoms with Crippen molar-refractivity contribution in [3.05, 3.63) is 59.2 Å². The molecule has 4 rings (SSSR count). The Bertz CT molecular complexity index is 829. The van der Waals surface area contributed by atoms with Crippen molar-refractivity contribution in [2.24, 2.45) is 0 Å². The molecule has 1 aliphatic carbocycles. The van der Waals surface area contributed by atoms with Gasteiger partial charge in [-0.3, -0.25) is 9.59 Å². The number of rotatable bonds is 1. The molecule has 2 aromatic rings. The first-order valence-corrected chi connectivity index (χ1v) is 8.69. The lowest BCUT2D eigenvalue weighted by Gasteiger charge is -2.39. The van der Waals surface area contributed by atoms with Gasteiger partial charge in [-0.05, 0) is 44.7 Å². The van der Waals surface area contributed by atoms with Crippen LogP contribution in [0.4, 0.5) is 0 Å². The predicted molar refractivity (Wildman–Crippen MR) is 94.3 cm³/mol. The van der Waals surface area contributed by atoms with Crippen molar-refractivity contribution in [1.82, 2.24) is 4.90 Å². The van der Waals surface area contributed by atoms with Crippen LogP contribution in [0.2, 0.25) is 0 Å². The Labute approximate surface area is 142 Å². The summed E-state index contributed by atoms with van der Waals surface area (Å²) < 4.78 is 0. The fourth-order valence-electron chi connectivity index (χ4n) is 4.21. The lowest BCUT2D eigenvalue weighted by atomic mass is 9.93. The van der Waals surface area contributed by atoms with E-state index in [-0.39, 0.29) is 23.8 Å². The van der Waals surface area contributed by atoms with Crippen LogP contribution in [-0.4, -0.2) is 28.7 Å². The zero-order valence-electron chi connectivity index (χ0n) is 14.1. The van der Waals surface area contributed by atoms with Gasteiger partial charge in [0, 0.05) is 34.3 Å². The molecule has 3 nitrogen and oxygen atoms in total. The highest BCUT2D eigenvalue weighted by Crippen LogP contribution is 2.40. The van der Waals surface area contributed by atoms with Crippen molar-refractivity contribution >= 4 is 11.7 Å². The predicted octanol–water partition coefficient (Wildman–Crippen LogP) is 4.30. The molecule has 1 saturated heterocycles. The summed E-state index contributed by atoms with van der Waals surface area (Å²) in [6.45, 7) is 4.24. The van der Waals surface area contributed by atoms with Gasteiger partial charge in [0.1, 0.15) is 0 Å². The first-order valence-electron chi connectivity index (χ1n) is 8.69. The summed E-state index contributed by atoms with van der Waals surface area (Å²) in [6, 6.07) is 13.6. The number of piperidine rings is 1. The van der Waals surface area contributed by atoms with Gasteiger partial charge < -0.3 is 4.90 Å². The molecule has 1 aliphatic heterocycles. The van der Waals surface area contributed by atoms with Gasteiger partial charge in [0.15, 0.2) is 5.78 Å². The van der Waals surface area contributed by atoms with Crippen LogP contribution in [0.25, 0.3) is 11.1 Å². The Hall–Kier alpha value is -2.42. The molecular weight excluding hydrogens is 298 g/mol. The molecule has 0 saturated carbocycles. The molecule has 122 valence electrons. The van der Waals surface area contributed by atoms with Crippen LogP contribution in [0.15, 0.2) is 42.5 Å². The van der Waals surface area contributed by atoms with Crippen molar-refractivity contribution in [3.8, 4) is 11.1 Å². The van der Waals surface area contributed by atoms with Crippen molar-refractivity contribution in [2.75, 3.05) is 0 Å². The van der Waals surface area contributed by atoms with Crippen LogP contribution < -0.4 is 0 Å². The van der Waals surface area contributed by atoms with Crippen LogP contribution in [0.5, 0.6) is 0 Å². The quantitative estimate of drug-likeness (QED) is 0.670. The van der Waals surface area contributed by atoms with Crippen LogP contribution in [-0.2, 0) is 0 Å². The highest BCUT2D eigenvalue weighted by atomic mass is 16.2. The highest BCUT2D eigenvalue weighted by molar-refractivity contribution is 6.24. The Morgan fingerprint density at radius 2 is 1.54 bits per heavy atom. The average molecular weight is 319 g/mol. The summed E-state index contributed by atoms with van der Waals surface area (Å²) in [7, 11) is 0. The molecule has 1 fully saturated rings. The van der Waals surface area contributed by atoms with Crippen molar-refractivity contribution < 1.29 is 9.59 Å². The maximum Gasteiger partial charge on any atom is 0.254 e. The second kappa shape index (κ2) is 5.59. The largest absolute Gasteiger partial charge is 0.333 e. The smallest absolute Gasteiger partial charge is 0.254 e. The molecule has 1 heterocycles. The van der Waals surface area contributed by atoms with E-state index in [2.05, 4.69) is 13.8 Å². The van der Waals surface area contributed by atoms with E-state index < -0.39 is 0 Å². The number of amides is 1. The highest BCUT2D eigenvalue weighted by Gasteiger charge is 2.35. The molecule has 0 bridgehead atoms. The topological polar surface area (TPSA) is 37.4 Å². The first kappa shape index (κ1) is 15.1.